The first-order valence-corrected chi connectivity index (χ1v) is 10.8. The topological polar surface area (TPSA) is 64.4 Å². The molecule has 0 N–H and O–H groups in total. The van der Waals surface area contributed by atoms with Crippen LogP contribution in [0.3, 0.4) is 0 Å². The van der Waals surface area contributed by atoms with Gasteiger partial charge in [-0.25, -0.2) is 4.79 Å². The van der Waals surface area contributed by atoms with Crippen molar-refractivity contribution in [3.05, 3.63) is 88.3 Å². The molecule has 3 aromatic rings. The van der Waals surface area contributed by atoms with Gasteiger partial charge in [-0.1, -0.05) is 48.5 Å². The van der Waals surface area contributed by atoms with Crippen molar-refractivity contribution < 1.29 is 9.53 Å². The Balaban J connectivity index is 1.58. The highest BCUT2D eigenvalue weighted by molar-refractivity contribution is 5.93. The number of esters is 1. The fourth-order valence-corrected chi connectivity index (χ4v) is 4.11. The molecule has 2 aromatic carbocycles. The molecule has 0 aliphatic carbocycles. The Bertz CT molecular complexity index is 1070. The van der Waals surface area contributed by atoms with E-state index in [9.17, 15) is 9.59 Å². The van der Waals surface area contributed by atoms with E-state index in [1.807, 2.05) is 24.3 Å². The lowest BCUT2D eigenvalue weighted by Gasteiger charge is -2.34. The SMILES string of the molecule is CCOC(=O)c1nn(-c2ccccc2)c(=O)cc1N1CCC(Cc2ccccc2)CC1. The van der Waals surface area contributed by atoms with E-state index >= 15 is 0 Å². The van der Waals surface area contributed by atoms with Crippen LogP contribution in [-0.2, 0) is 11.2 Å². The van der Waals surface area contributed by atoms with Gasteiger partial charge >= 0.3 is 5.97 Å². The van der Waals surface area contributed by atoms with Crippen LogP contribution in [0.2, 0.25) is 0 Å². The van der Waals surface area contributed by atoms with Gasteiger partial charge in [-0.15, -0.1) is 0 Å². The molecule has 31 heavy (non-hydrogen) atoms. The number of hydrogen-bond acceptors (Lipinski definition) is 5. The van der Waals surface area contributed by atoms with E-state index in [4.69, 9.17) is 4.74 Å². The van der Waals surface area contributed by atoms with Crippen molar-refractivity contribution in [2.75, 3.05) is 24.6 Å². The van der Waals surface area contributed by atoms with Gasteiger partial charge in [0.25, 0.3) is 5.56 Å². The molecule has 0 amide bonds. The molecular weight excluding hydrogens is 390 g/mol. The van der Waals surface area contributed by atoms with Crippen LogP contribution in [0.5, 0.6) is 0 Å². The van der Waals surface area contributed by atoms with Crippen LogP contribution in [0.15, 0.2) is 71.5 Å². The fraction of sp³-hybridized carbons (Fsp3) is 0.320. The van der Waals surface area contributed by atoms with E-state index in [0.717, 1.165) is 32.4 Å². The van der Waals surface area contributed by atoms with Crippen LogP contribution < -0.4 is 10.5 Å². The predicted octanol–water partition coefficient (Wildman–Crippen LogP) is 3.87. The van der Waals surface area contributed by atoms with E-state index in [1.165, 1.54) is 16.3 Å². The summed E-state index contributed by atoms with van der Waals surface area (Å²) >= 11 is 0. The van der Waals surface area contributed by atoms with Gasteiger partial charge in [-0.05, 0) is 49.8 Å². The Morgan fingerprint density at radius 1 is 1.03 bits per heavy atom. The first-order chi connectivity index (χ1) is 15.2. The molecule has 1 aromatic heterocycles. The van der Waals surface area contributed by atoms with Crippen molar-refractivity contribution in [3.8, 4) is 5.69 Å². The molecule has 2 heterocycles. The van der Waals surface area contributed by atoms with E-state index in [2.05, 4.69) is 34.3 Å². The molecule has 1 aliphatic heterocycles. The van der Waals surface area contributed by atoms with Crippen LogP contribution >= 0.6 is 0 Å². The maximum atomic E-state index is 12.8. The van der Waals surface area contributed by atoms with Crippen molar-refractivity contribution in [2.24, 2.45) is 5.92 Å². The zero-order chi connectivity index (χ0) is 21.6. The molecule has 0 saturated carbocycles. The summed E-state index contributed by atoms with van der Waals surface area (Å²) in [5.41, 5.74) is 2.45. The third kappa shape index (κ3) is 4.85. The van der Waals surface area contributed by atoms with E-state index in [1.54, 1.807) is 19.1 Å². The van der Waals surface area contributed by atoms with Gasteiger partial charge in [-0.2, -0.15) is 9.78 Å². The molecule has 1 saturated heterocycles. The zero-order valence-electron chi connectivity index (χ0n) is 17.7. The highest BCUT2D eigenvalue weighted by Crippen LogP contribution is 2.27. The summed E-state index contributed by atoms with van der Waals surface area (Å²) in [6, 6.07) is 21.1. The molecule has 160 valence electrons. The molecule has 0 unspecified atom stereocenters. The summed E-state index contributed by atoms with van der Waals surface area (Å²) in [6.07, 6.45) is 3.05. The monoisotopic (exact) mass is 417 g/mol. The molecule has 1 fully saturated rings. The van der Waals surface area contributed by atoms with E-state index in [0.29, 0.717) is 17.3 Å². The second-order valence-electron chi connectivity index (χ2n) is 7.80. The molecule has 0 bridgehead atoms. The van der Waals surface area contributed by atoms with Crippen LogP contribution in [-0.4, -0.2) is 35.4 Å². The zero-order valence-corrected chi connectivity index (χ0v) is 17.7. The van der Waals surface area contributed by atoms with Crippen molar-refractivity contribution in [1.82, 2.24) is 9.78 Å². The normalized spacial score (nSPS) is 14.4. The van der Waals surface area contributed by atoms with Crippen molar-refractivity contribution in [3.63, 3.8) is 0 Å². The number of rotatable bonds is 6. The minimum Gasteiger partial charge on any atom is -0.461 e. The molecule has 6 nitrogen and oxygen atoms in total. The van der Waals surface area contributed by atoms with Crippen LogP contribution in [0.25, 0.3) is 5.69 Å². The van der Waals surface area contributed by atoms with Gasteiger partial charge in [0.2, 0.25) is 0 Å². The largest absolute Gasteiger partial charge is 0.461 e. The van der Waals surface area contributed by atoms with Crippen LogP contribution in [0.4, 0.5) is 5.69 Å². The molecule has 1 aliphatic rings. The second-order valence-corrected chi connectivity index (χ2v) is 7.80. The minimum atomic E-state index is -0.506. The Morgan fingerprint density at radius 2 is 1.68 bits per heavy atom. The first-order valence-electron chi connectivity index (χ1n) is 10.8. The molecular formula is C25H27N3O3. The lowest BCUT2D eigenvalue weighted by atomic mass is 9.90. The molecule has 0 atom stereocenters. The standard InChI is InChI=1S/C25H27N3O3/c1-2-31-25(30)24-22(18-23(29)28(26-24)21-11-7-4-8-12-21)27-15-13-20(14-16-27)17-19-9-5-3-6-10-19/h3-12,18,20H,2,13-17H2,1H3. The van der Waals surface area contributed by atoms with Gasteiger partial charge in [0, 0.05) is 19.2 Å². The first kappa shape index (κ1) is 20.8. The second kappa shape index (κ2) is 9.60. The number of anilines is 1. The quantitative estimate of drug-likeness (QED) is 0.570. The smallest absolute Gasteiger partial charge is 0.360 e. The Morgan fingerprint density at radius 3 is 2.32 bits per heavy atom. The van der Waals surface area contributed by atoms with Crippen molar-refractivity contribution >= 4 is 11.7 Å². The van der Waals surface area contributed by atoms with Gasteiger partial charge in [0.1, 0.15) is 0 Å². The Kier molecular flexibility index (Phi) is 6.46. The molecule has 4 rings (SSSR count). The number of benzene rings is 2. The number of hydrogen-bond donors (Lipinski definition) is 0. The third-order valence-electron chi connectivity index (χ3n) is 5.70. The molecule has 6 heteroatoms. The van der Waals surface area contributed by atoms with Gasteiger partial charge < -0.3 is 9.64 Å². The Hall–Kier alpha value is -3.41. The van der Waals surface area contributed by atoms with E-state index in [-0.39, 0.29) is 17.9 Å². The Labute approximate surface area is 182 Å². The van der Waals surface area contributed by atoms with Gasteiger partial charge in [0.05, 0.1) is 18.0 Å². The summed E-state index contributed by atoms with van der Waals surface area (Å²) in [5.74, 6) is 0.0796. The maximum absolute atomic E-state index is 12.8. The minimum absolute atomic E-state index is 0.187. The lowest BCUT2D eigenvalue weighted by molar-refractivity contribution is 0.0518. The average molecular weight is 418 g/mol. The average Bonchev–Trinajstić information content (AvgIpc) is 2.81. The number of ether oxygens (including phenoxy) is 1. The third-order valence-corrected chi connectivity index (χ3v) is 5.70. The highest BCUT2D eigenvalue weighted by Gasteiger charge is 2.26. The fourth-order valence-electron chi connectivity index (χ4n) is 4.11. The van der Waals surface area contributed by atoms with Crippen molar-refractivity contribution in [1.29, 1.82) is 0 Å². The number of para-hydroxylation sites is 1. The summed E-state index contributed by atoms with van der Waals surface area (Å²) < 4.78 is 6.51. The molecule has 0 radical (unpaired) electrons. The number of piperidine rings is 1. The summed E-state index contributed by atoms with van der Waals surface area (Å²) in [4.78, 5) is 27.6. The van der Waals surface area contributed by atoms with Crippen molar-refractivity contribution in [2.45, 2.75) is 26.2 Å². The predicted molar refractivity (Wildman–Crippen MR) is 121 cm³/mol. The number of nitrogens with zero attached hydrogens (tertiary/aromatic N) is 3. The van der Waals surface area contributed by atoms with E-state index < -0.39 is 5.97 Å². The van der Waals surface area contributed by atoms with Crippen LogP contribution in [0, 0.1) is 5.92 Å². The highest BCUT2D eigenvalue weighted by atomic mass is 16.5. The summed E-state index contributed by atoms with van der Waals surface area (Å²) in [5, 5.41) is 4.41. The molecule has 0 spiro atoms. The number of carbonyl (C=O) groups excluding carboxylic acids is 1. The number of carbonyl (C=O) groups is 1. The number of aromatic nitrogens is 2. The van der Waals surface area contributed by atoms with Gasteiger partial charge in [0.15, 0.2) is 5.69 Å². The summed E-state index contributed by atoms with van der Waals surface area (Å²) in [7, 11) is 0. The van der Waals surface area contributed by atoms with Crippen LogP contribution in [0.1, 0.15) is 35.8 Å². The summed E-state index contributed by atoms with van der Waals surface area (Å²) in [6.45, 7) is 3.57. The van der Waals surface area contributed by atoms with Gasteiger partial charge in [-0.3, -0.25) is 4.79 Å². The lowest BCUT2D eigenvalue weighted by Crippen LogP contribution is -2.37. The maximum Gasteiger partial charge on any atom is 0.360 e.